The van der Waals surface area contributed by atoms with E-state index in [2.05, 4.69) is 36.9 Å². The minimum absolute atomic E-state index is 0.123. The van der Waals surface area contributed by atoms with Crippen molar-refractivity contribution in [3.63, 3.8) is 0 Å². The molecule has 0 radical (unpaired) electrons. The Labute approximate surface area is 131 Å². The van der Waals surface area contributed by atoms with Crippen LogP contribution in [-0.4, -0.2) is 33.9 Å². The zero-order valence-electron chi connectivity index (χ0n) is 13.1. The van der Waals surface area contributed by atoms with Gasteiger partial charge in [-0.05, 0) is 37.1 Å². The fraction of sp³-hybridized carbons (Fsp3) is 0.562. The molecule has 116 valence electrons. The van der Waals surface area contributed by atoms with E-state index in [0.29, 0.717) is 6.54 Å². The van der Waals surface area contributed by atoms with E-state index in [0.717, 1.165) is 42.4 Å². The summed E-state index contributed by atoms with van der Waals surface area (Å²) in [4.78, 5) is 7.09. The van der Waals surface area contributed by atoms with E-state index in [-0.39, 0.29) is 5.41 Å². The van der Waals surface area contributed by atoms with Crippen molar-refractivity contribution in [2.75, 3.05) is 19.6 Å². The number of nitrogens with two attached hydrogens (primary N) is 1. The van der Waals surface area contributed by atoms with Gasteiger partial charge in [0.15, 0.2) is 0 Å². The van der Waals surface area contributed by atoms with Crippen molar-refractivity contribution < 1.29 is 0 Å². The molecule has 0 aliphatic carbocycles. The van der Waals surface area contributed by atoms with Gasteiger partial charge in [0.2, 0.25) is 0 Å². The fourth-order valence-electron chi connectivity index (χ4n) is 2.52. The van der Waals surface area contributed by atoms with E-state index in [9.17, 15) is 0 Å². The molecule has 0 aliphatic rings. The highest BCUT2D eigenvalue weighted by Gasteiger charge is 2.20. The molecule has 0 saturated heterocycles. The Bertz CT molecular complexity index is 591. The SMILES string of the molecule is CCCN(Cc1cn2cc(Cl)ccc2n1)CC(C)(C)CN. The number of rotatable bonds is 7. The first-order chi connectivity index (χ1) is 9.93. The van der Waals surface area contributed by atoms with Gasteiger partial charge in [-0.1, -0.05) is 32.4 Å². The van der Waals surface area contributed by atoms with Crippen LogP contribution in [0, 0.1) is 5.41 Å². The summed E-state index contributed by atoms with van der Waals surface area (Å²) in [5.74, 6) is 0. The number of hydrogen-bond donors (Lipinski definition) is 1. The van der Waals surface area contributed by atoms with Crippen molar-refractivity contribution in [2.24, 2.45) is 11.1 Å². The minimum Gasteiger partial charge on any atom is -0.330 e. The van der Waals surface area contributed by atoms with Crippen molar-refractivity contribution >= 4 is 17.2 Å². The average Bonchev–Trinajstić information content (AvgIpc) is 2.79. The first kappa shape index (κ1) is 16.3. The Morgan fingerprint density at radius 1 is 1.33 bits per heavy atom. The van der Waals surface area contributed by atoms with Crippen LogP contribution in [0.25, 0.3) is 5.65 Å². The summed E-state index contributed by atoms with van der Waals surface area (Å²) in [5, 5.41) is 0.723. The molecular formula is C16H25ClN4. The van der Waals surface area contributed by atoms with Gasteiger partial charge in [-0.15, -0.1) is 0 Å². The predicted molar refractivity (Wildman–Crippen MR) is 88.6 cm³/mol. The first-order valence-corrected chi connectivity index (χ1v) is 7.87. The first-order valence-electron chi connectivity index (χ1n) is 7.49. The number of aromatic nitrogens is 2. The predicted octanol–water partition coefficient (Wildman–Crippen LogP) is 3.18. The third kappa shape index (κ3) is 4.43. The molecule has 4 nitrogen and oxygen atoms in total. The summed E-state index contributed by atoms with van der Waals surface area (Å²) in [7, 11) is 0. The zero-order valence-corrected chi connectivity index (χ0v) is 13.9. The lowest BCUT2D eigenvalue weighted by atomic mass is 9.93. The molecule has 0 aliphatic heterocycles. The highest BCUT2D eigenvalue weighted by atomic mass is 35.5. The van der Waals surface area contributed by atoms with Crippen LogP contribution in [0.4, 0.5) is 0 Å². The van der Waals surface area contributed by atoms with Crippen molar-refractivity contribution in [2.45, 2.75) is 33.7 Å². The second-order valence-corrected chi connectivity index (χ2v) is 6.86. The fourth-order valence-corrected chi connectivity index (χ4v) is 2.69. The summed E-state index contributed by atoms with van der Waals surface area (Å²) >= 11 is 6.02. The standard InChI is InChI=1S/C16H25ClN4/c1-4-7-20(12-16(2,3)11-18)9-14-10-21-8-13(17)5-6-15(21)19-14/h5-6,8,10H,4,7,9,11-12,18H2,1-3H3. The Hall–Kier alpha value is -1.10. The van der Waals surface area contributed by atoms with Gasteiger partial charge in [0.25, 0.3) is 0 Å². The monoisotopic (exact) mass is 308 g/mol. The smallest absolute Gasteiger partial charge is 0.137 e. The van der Waals surface area contributed by atoms with E-state index in [1.165, 1.54) is 0 Å². The summed E-state index contributed by atoms with van der Waals surface area (Å²) < 4.78 is 1.98. The normalized spacial score (nSPS) is 12.5. The third-order valence-corrected chi connectivity index (χ3v) is 3.82. The van der Waals surface area contributed by atoms with Gasteiger partial charge in [0.1, 0.15) is 5.65 Å². The highest BCUT2D eigenvalue weighted by molar-refractivity contribution is 6.30. The molecule has 0 atom stereocenters. The molecule has 0 fully saturated rings. The van der Waals surface area contributed by atoms with Crippen LogP contribution in [0.2, 0.25) is 5.02 Å². The van der Waals surface area contributed by atoms with Crippen molar-refractivity contribution in [3.05, 3.63) is 35.2 Å². The Balaban J connectivity index is 2.14. The second-order valence-electron chi connectivity index (χ2n) is 6.42. The molecule has 5 heteroatoms. The summed E-state index contributed by atoms with van der Waals surface area (Å²) in [6, 6.07) is 3.81. The van der Waals surface area contributed by atoms with E-state index in [4.69, 9.17) is 17.3 Å². The summed E-state index contributed by atoms with van der Waals surface area (Å²) in [5.41, 5.74) is 7.99. The molecule has 2 N–H and O–H groups in total. The molecular weight excluding hydrogens is 284 g/mol. The molecule has 21 heavy (non-hydrogen) atoms. The van der Waals surface area contributed by atoms with E-state index in [1.807, 2.05) is 22.7 Å². The number of fused-ring (bicyclic) bond motifs is 1. The summed E-state index contributed by atoms with van der Waals surface area (Å²) in [6.45, 7) is 10.2. The maximum Gasteiger partial charge on any atom is 0.137 e. The zero-order chi connectivity index (χ0) is 15.5. The van der Waals surface area contributed by atoms with E-state index < -0.39 is 0 Å². The Kier molecular flexibility index (Phi) is 5.25. The van der Waals surface area contributed by atoms with Gasteiger partial charge >= 0.3 is 0 Å². The number of nitrogens with zero attached hydrogens (tertiary/aromatic N) is 3. The van der Waals surface area contributed by atoms with Gasteiger partial charge in [-0.25, -0.2) is 4.98 Å². The van der Waals surface area contributed by atoms with E-state index in [1.54, 1.807) is 0 Å². The van der Waals surface area contributed by atoms with Crippen LogP contribution in [0.15, 0.2) is 24.5 Å². The number of pyridine rings is 1. The molecule has 0 unspecified atom stereocenters. The Morgan fingerprint density at radius 2 is 2.10 bits per heavy atom. The molecule has 2 rings (SSSR count). The van der Waals surface area contributed by atoms with Crippen LogP contribution < -0.4 is 5.73 Å². The van der Waals surface area contributed by atoms with Gasteiger partial charge in [-0.2, -0.15) is 0 Å². The molecule has 2 heterocycles. The van der Waals surface area contributed by atoms with Crippen LogP contribution in [-0.2, 0) is 6.54 Å². The quantitative estimate of drug-likeness (QED) is 0.854. The molecule has 0 saturated carbocycles. The van der Waals surface area contributed by atoms with Crippen LogP contribution in [0.5, 0.6) is 0 Å². The van der Waals surface area contributed by atoms with E-state index >= 15 is 0 Å². The molecule has 2 aromatic heterocycles. The van der Waals surface area contributed by atoms with Gasteiger partial charge in [-0.3, -0.25) is 4.90 Å². The highest BCUT2D eigenvalue weighted by Crippen LogP contribution is 2.18. The molecule has 0 spiro atoms. The topological polar surface area (TPSA) is 46.6 Å². The average molecular weight is 309 g/mol. The molecule has 0 bridgehead atoms. The lowest BCUT2D eigenvalue weighted by molar-refractivity contribution is 0.174. The lowest BCUT2D eigenvalue weighted by Gasteiger charge is -2.31. The van der Waals surface area contributed by atoms with Gasteiger partial charge < -0.3 is 10.1 Å². The largest absolute Gasteiger partial charge is 0.330 e. The maximum atomic E-state index is 6.02. The molecule has 0 aromatic carbocycles. The number of halogens is 1. The van der Waals surface area contributed by atoms with Crippen LogP contribution >= 0.6 is 11.6 Å². The molecule has 0 amide bonds. The minimum atomic E-state index is 0.123. The van der Waals surface area contributed by atoms with Crippen molar-refractivity contribution in [1.82, 2.24) is 14.3 Å². The second kappa shape index (κ2) is 6.77. The number of imidazole rings is 1. The molecule has 2 aromatic rings. The number of hydrogen-bond acceptors (Lipinski definition) is 3. The van der Waals surface area contributed by atoms with Gasteiger partial charge in [0, 0.05) is 25.5 Å². The van der Waals surface area contributed by atoms with Crippen molar-refractivity contribution in [3.8, 4) is 0 Å². The van der Waals surface area contributed by atoms with Crippen LogP contribution in [0.1, 0.15) is 32.9 Å². The van der Waals surface area contributed by atoms with Crippen molar-refractivity contribution in [1.29, 1.82) is 0 Å². The summed E-state index contributed by atoms with van der Waals surface area (Å²) in [6.07, 6.45) is 5.07. The maximum absolute atomic E-state index is 6.02. The Morgan fingerprint density at radius 3 is 2.76 bits per heavy atom. The lowest BCUT2D eigenvalue weighted by Crippen LogP contribution is -2.38. The van der Waals surface area contributed by atoms with Crippen LogP contribution in [0.3, 0.4) is 0 Å². The third-order valence-electron chi connectivity index (χ3n) is 3.59. The van der Waals surface area contributed by atoms with Gasteiger partial charge in [0.05, 0.1) is 10.7 Å².